The molecule has 0 rings (SSSR count). The average Bonchev–Trinajstić information content (AvgIpc) is 2.33. The Morgan fingerprint density at radius 3 is 1.94 bits per heavy atom. The van der Waals surface area contributed by atoms with Crippen LogP contribution in [0.15, 0.2) is 0 Å². The second kappa shape index (κ2) is 6.36. The molecule has 17 heavy (non-hydrogen) atoms. The zero-order valence-electron chi connectivity index (χ0n) is 9.26. The third kappa shape index (κ3) is 3.96. The normalized spacial score (nSPS) is 19.5. The predicted molar refractivity (Wildman–Crippen MR) is 53.6 cm³/mol. The van der Waals surface area contributed by atoms with Gasteiger partial charge in [-0.15, -0.1) is 0 Å². The van der Waals surface area contributed by atoms with Gasteiger partial charge in [-0.25, -0.2) is 0 Å². The summed E-state index contributed by atoms with van der Waals surface area (Å²) in [5.74, 6) is -4.33. The molecule has 0 fully saturated rings. The van der Waals surface area contributed by atoms with Gasteiger partial charge in [-0.05, 0) is 0 Å². The van der Waals surface area contributed by atoms with Crippen LogP contribution in [-0.4, -0.2) is 78.3 Å². The Labute approximate surface area is 97.4 Å². The first-order chi connectivity index (χ1) is 7.68. The Balaban J connectivity index is 4.71. The Bertz CT molecular complexity index is 253. The van der Waals surface area contributed by atoms with Crippen molar-refractivity contribution in [2.24, 2.45) is 0 Å². The molecule has 0 saturated heterocycles. The lowest BCUT2D eigenvalue weighted by Gasteiger charge is -2.28. The number of aliphatic hydroxyl groups is 7. The Kier molecular flexibility index (Phi) is 6.13. The molecule has 0 bridgehead atoms. The molecule has 102 valence electrons. The van der Waals surface area contributed by atoms with E-state index in [-0.39, 0.29) is 0 Å². The zero-order chi connectivity index (χ0) is 13.8. The van der Waals surface area contributed by atoms with Crippen molar-refractivity contribution >= 4 is 5.78 Å². The molecule has 8 heteroatoms. The summed E-state index contributed by atoms with van der Waals surface area (Å²) >= 11 is 0. The van der Waals surface area contributed by atoms with Crippen LogP contribution in [-0.2, 0) is 4.79 Å². The molecule has 0 aromatic rings. The number of aliphatic hydroxyl groups excluding tert-OH is 5. The summed E-state index contributed by atoms with van der Waals surface area (Å²) < 4.78 is 0. The van der Waals surface area contributed by atoms with Gasteiger partial charge in [0.15, 0.2) is 0 Å². The number of hydrogen-bond donors (Lipinski definition) is 7. The van der Waals surface area contributed by atoms with Gasteiger partial charge >= 0.3 is 0 Å². The number of carbonyl (C=O) groups excluding carboxylic acids is 1. The lowest BCUT2D eigenvalue weighted by molar-refractivity contribution is -0.201. The summed E-state index contributed by atoms with van der Waals surface area (Å²) in [5.41, 5.74) is 0. The molecule has 7 N–H and O–H groups in total. The summed E-state index contributed by atoms with van der Waals surface area (Å²) in [6.07, 6.45) is -8.61. The fraction of sp³-hybridized carbons (Fsp3) is 0.889. The average molecular weight is 254 g/mol. The SMILES string of the molecule is CCC(O)(O)C(=O)[C@H](O)[C@@H](O)[C@H](O)[C@H](O)CO. The van der Waals surface area contributed by atoms with Crippen molar-refractivity contribution in [3.8, 4) is 0 Å². The van der Waals surface area contributed by atoms with Crippen molar-refractivity contribution in [1.82, 2.24) is 0 Å². The van der Waals surface area contributed by atoms with Gasteiger partial charge in [-0.1, -0.05) is 6.92 Å². The van der Waals surface area contributed by atoms with E-state index in [2.05, 4.69) is 0 Å². The smallest absolute Gasteiger partial charge is 0.226 e. The van der Waals surface area contributed by atoms with E-state index in [0.717, 1.165) is 0 Å². The van der Waals surface area contributed by atoms with Crippen LogP contribution in [0.2, 0.25) is 0 Å². The van der Waals surface area contributed by atoms with Crippen molar-refractivity contribution in [1.29, 1.82) is 0 Å². The maximum Gasteiger partial charge on any atom is 0.226 e. The highest BCUT2D eigenvalue weighted by Crippen LogP contribution is 2.14. The number of rotatable bonds is 7. The Morgan fingerprint density at radius 2 is 1.59 bits per heavy atom. The van der Waals surface area contributed by atoms with Crippen molar-refractivity contribution in [3.05, 3.63) is 0 Å². The van der Waals surface area contributed by atoms with Gasteiger partial charge in [-0.3, -0.25) is 4.79 Å². The highest BCUT2D eigenvalue weighted by Gasteiger charge is 2.42. The predicted octanol–water partition coefficient (Wildman–Crippen LogP) is -3.92. The van der Waals surface area contributed by atoms with Crippen molar-refractivity contribution in [2.45, 2.75) is 43.5 Å². The van der Waals surface area contributed by atoms with Crippen molar-refractivity contribution < 1.29 is 40.5 Å². The summed E-state index contributed by atoms with van der Waals surface area (Å²) in [7, 11) is 0. The van der Waals surface area contributed by atoms with Crippen LogP contribution in [0.25, 0.3) is 0 Å². The Morgan fingerprint density at radius 1 is 1.12 bits per heavy atom. The standard InChI is InChI=1S/C9H18O8/c1-2-9(16,17)8(15)7(14)6(13)5(12)4(11)3-10/h4-7,10-14,16-17H,2-3H2,1H3/t4-,5-,6+,7-/m1/s1. The van der Waals surface area contributed by atoms with Crippen molar-refractivity contribution in [2.75, 3.05) is 6.61 Å². The molecule has 0 amide bonds. The van der Waals surface area contributed by atoms with Crippen LogP contribution in [0.3, 0.4) is 0 Å². The molecular formula is C9H18O8. The number of hydrogen-bond acceptors (Lipinski definition) is 8. The van der Waals surface area contributed by atoms with E-state index in [4.69, 9.17) is 20.4 Å². The van der Waals surface area contributed by atoms with Gasteiger partial charge in [0.2, 0.25) is 11.6 Å². The monoisotopic (exact) mass is 254 g/mol. The minimum atomic E-state index is -2.83. The zero-order valence-corrected chi connectivity index (χ0v) is 9.26. The summed E-state index contributed by atoms with van der Waals surface area (Å²) in [6.45, 7) is 0.367. The summed E-state index contributed by atoms with van der Waals surface area (Å²) in [6, 6.07) is 0. The largest absolute Gasteiger partial charge is 0.394 e. The molecule has 4 atom stereocenters. The lowest BCUT2D eigenvalue weighted by Crippen LogP contribution is -2.54. The topological polar surface area (TPSA) is 159 Å². The third-order valence-electron chi connectivity index (χ3n) is 2.41. The van der Waals surface area contributed by atoms with Gasteiger partial charge in [0.1, 0.15) is 24.4 Å². The van der Waals surface area contributed by atoms with Crippen LogP contribution in [0.1, 0.15) is 13.3 Å². The molecule has 8 nitrogen and oxygen atoms in total. The van der Waals surface area contributed by atoms with Crippen molar-refractivity contribution in [3.63, 3.8) is 0 Å². The minimum Gasteiger partial charge on any atom is -0.394 e. The fourth-order valence-corrected chi connectivity index (χ4v) is 1.09. The quantitative estimate of drug-likeness (QED) is 0.227. The number of Topliss-reactive ketones (excluding diaryl/α,β-unsaturated/α-hetero) is 1. The van der Waals surface area contributed by atoms with E-state index in [9.17, 15) is 20.1 Å². The van der Waals surface area contributed by atoms with Crippen LogP contribution >= 0.6 is 0 Å². The van der Waals surface area contributed by atoms with Crippen LogP contribution in [0.4, 0.5) is 0 Å². The molecule has 0 spiro atoms. The van der Waals surface area contributed by atoms with Crippen LogP contribution < -0.4 is 0 Å². The highest BCUT2D eigenvalue weighted by atomic mass is 16.5. The number of ketones is 1. The van der Waals surface area contributed by atoms with Gasteiger partial charge in [0.05, 0.1) is 6.61 Å². The van der Waals surface area contributed by atoms with E-state index in [0.29, 0.717) is 0 Å². The maximum atomic E-state index is 11.3. The molecule has 0 unspecified atom stereocenters. The van der Waals surface area contributed by atoms with Crippen LogP contribution in [0, 0.1) is 0 Å². The molecule has 0 heterocycles. The van der Waals surface area contributed by atoms with Crippen LogP contribution in [0.5, 0.6) is 0 Å². The highest BCUT2D eigenvalue weighted by molar-refractivity contribution is 5.89. The first-order valence-corrected chi connectivity index (χ1v) is 5.01. The Hall–Kier alpha value is -0.610. The lowest BCUT2D eigenvalue weighted by atomic mass is 9.95. The number of carbonyl (C=O) groups is 1. The molecular weight excluding hydrogens is 236 g/mol. The molecule has 0 aliphatic rings. The third-order valence-corrected chi connectivity index (χ3v) is 2.41. The second-order valence-corrected chi connectivity index (χ2v) is 3.71. The van der Waals surface area contributed by atoms with Gasteiger partial charge in [-0.2, -0.15) is 0 Å². The molecule has 0 aliphatic heterocycles. The van der Waals surface area contributed by atoms with E-state index in [1.807, 2.05) is 0 Å². The summed E-state index contributed by atoms with van der Waals surface area (Å²) in [5, 5.41) is 63.5. The molecule has 0 saturated carbocycles. The first-order valence-electron chi connectivity index (χ1n) is 5.01. The minimum absolute atomic E-state index is 0.422. The molecule has 0 radical (unpaired) electrons. The van der Waals surface area contributed by atoms with Gasteiger partial charge in [0, 0.05) is 6.42 Å². The second-order valence-electron chi connectivity index (χ2n) is 3.71. The maximum absolute atomic E-state index is 11.3. The van der Waals surface area contributed by atoms with Gasteiger partial charge < -0.3 is 35.7 Å². The first kappa shape index (κ1) is 16.4. The van der Waals surface area contributed by atoms with E-state index in [1.54, 1.807) is 0 Å². The fourth-order valence-electron chi connectivity index (χ4n) is 1.09. The van der Waals surface area contributed by atoms with E-state index in [1.165, 1.54) is 6.92 Å². The van der Waals surface area contributed by atoms with Gasteiger partial charge in [0.25, 0.3) is 0 Å². The van der Waals surface area contributed by atoms with E-state index >= 15 is 0 Å². The molecule has 0 aromatic carbocycles. The molecule has 0 aliphatic carbocycles. The summed E-state index contributed by atoms with van der Waals surface area (Å²) in [4.78, 5) is 11.3. The van der Waals surface area contributed by atoms with E-state index < -0.39 is 49.0 Å². The molecule has 0 aromatic heterocycles.